The van der Waals surface area contributed by atoms with E-state index in [9.17, 15) is 0 Å². The molecule has 0 aliphatic rings. The van der Waals surface area contributed by atoms with Crippen molar-refractivity contribution in [2.45, 2.75) is 104 Å². The van der Waals surface area contributed by atoms with Crippen molar-refractivity contribution in [3.05, 3.63) is 0 Å². The van der Waals surface area contributed by atoms with Crippen molar-refractivity contribution in [3.8, 4) is 0 Å². The van der Waals surface area contributed by atoms with Gasteiger partial charge in [-0.1, -0.05) is 58.3 Å². The molecule has 0 bridgehead atoms. The Morgan fingerprint density at radius 1 is 0.684 bits per heavy atom. The molecule has 0 saturated heterocycles. The van der Waals surface area contributed by atoms with E-state index in [1.54, 1.807) is 0 Å². The minimum atomic E-state index is -1.04. The van der Waals surface area contributed by atoms with Gasteiger partial charge in [0.05, 0.1) is 0 Å². The zero-order valence-corrected chi connectivity index (χ0v) is 14.8. The predicted molar refractivity (Wildman–Crippen MR) is 85.6 cm³/mol. The van der Waals surface area contributed by atoms with Gasteiger partial charge in [0.25, 0.3) is 0 Å². The zero-order valence-electron chi connectivity index (χ0n) is 13.8. The van der Waals surface area contributed by atoms with Crippen molar-refractivity contribution in [1.82, 2.24) is 0 Å². The van der Waals surface area contributed by atoms with Crippen LogP contribution in [0, 0.1) is 0 Å². The van der Waals surface area contributed by atoms with Crippen molar-refractivity contribution in [2.75, 3.05) is 0 Å². The number of hydrogen-bond donors (Lipinski definition) is 0. The average Bonchev–Trinajstić information content (AvgIpc) is 2.30. The Kier molecular flexibility index (Phi) is 13.2. The van der Waals surface area contributed by atoms with Gasteiger partial charge in [-0.05, 0) is 33.7 Å². The Labute approximate surface area is 123 Å². The zero-order chi connectivity index (χ0) is 14.5. The van der Waals surface area contributed by atoms with Crippen LogP contribution in [0.15, 0.2) is 0 Å². The molecule has 0 aromatic heterocycles. The summed E-state index contributed by atoms with van der Waals surface area (Å²) in [5, 5.41) is 0. The molecule has 0 aliphatic carbocycles. The van der Waals surface area contributed by atoms with Crippen LogP contribution < -0.4 is 0 Å². The van der Waals surface area contributed by atoms with Gasteiger partial charge in [-0.25, -0.2) is 0 Å². The molecule has 0 aliphatic heterocycles. The Bertz CT molecular complexity index is 174. The lowest BCUT2D eigenvalue weighted by atomic mass is 10.1. The molecular weight excluding hydrogens is 252 g/mol. The maximum absolute atomic E-state index is 5.90. The molecule has 0 saturated carbocycles. The first-order chi connectivity index (χ1) is 9.06. The summed E-state index contributed by atoms with van der Waals surface area (Å²) >= 11 is 0. The van der Waals surface area contributed by atoms with Gasteiger partial charge in [-0.2, -0.15) is 0 Å². The van der Waals surface area contributed by atoms with Gasteiger partial charge >= 0.3 is 9.28 Å². The largest absolute Gasteiger partial charge is 0.391 e. The second-order valence-corrected chi connectivity index (χ2v) is 7.65. The third kappa shape index (κ3) is 14.4. The summed E-state index contributed by atoms with van der Waals surface area (Å²) < 4.78 is 11.8. The van der Waals surface area contributed by atoms with Crippen LogP contribution in [0.3, 0.4) is 0 Å². The van der Waals surface area contributed by atoms with Crippen LogP contribution in [-0.2, 0) is 8.85 Å². The van der Waals surface area contributed by atoms with Crippen LogP contribution in [0.4, 0.5) is 0 Å². The highest BCUT2D eigenvalue weighted by Crippen LogP contribution is 2.13. The normalized spacial score (nSPS) is 12.0. The lowest BCUT2D eigenvalue weighted by molar-refractivity contribution is 0.129. The van der Waals surface area contributed by atoms with Crippen LogP contribution in [0.2, 0.25) is 6.04 Å². The summed E-state index contributed by atoms with van der Waals surface area (Å²) in [5.74, 6) is 0. The fourth-order valence-corrected chi connectivity index (χ4v) is 3.96. The van der Waals surface area contributed by atoms with E-state index in [2.05, 4.69) is 34.6 Å². The first-order valence-electron chi connectivity index (χ1n) is 8.25. The molecule has 0 spiro atoms. The van der Waals surface area contributed by atoms with Gasteiger partial charge in [0.1, 0.15) is 0 Å². The SMILES string of the molecule is CCCCCCCCCC[Si](OC(C)C)OC(C)C. The van der Waals surface area contributed by atoms with Gasteiger partial charge in [-0.3, -0.25) is 0 Å². The number of unbranched alkanes of at least 4 members (excludes halogenated alkanes) is 7. The smallest absolute Gasteiger partial charge is 0.385 e. The molecule has 0 N–H and O–H groups in total. The first kappa shape index (κ1) is 19.1. The maximum atomic E-state index is 5.90. The quantitative estimate of drug-likeness (QED) is 0.330. The predicted octanol–water partition coefficient (Wildman–Crippen LogP) is 5.47. The highest BCUT2D eigenvalue weighted by Gasteiger charge is 2.18. The van der Waals surface area contributed by atoms with E-state index < -0.39 is 9.28 Å². The fourth-order valence-electron chi connectivity index (χ4n) is 2.07. The molecule has 0 heterocycles. The van der Waals surface area contributed by atoms with Gasteiger partial charge in [0.2, 0.25) is 0 Å². The molecule has 115 valence electrons. The Balaban J connectivity index is 3.52. The lowest BCUT2D eigenvalue weighted by Gasteiger charge is -2.20. The molecule has 3 heteroatoms. The van der Waals surface area contributed by atoms with Crippen LogP contribution in [0.25, 0.3) is 0 Å². The van der Waals surface area contributed by atoms with E-state index in [0.717, 1.165) is 6.04 Å². The summed E-state index contributed by atoms with van der Waals surface area (Å²) in [7, 11) is -1.04. The second kappa shape index (κ2) is 13.1. The molecule has 0 aromatic rings. The topological polar surface area (TPSA) is 18.5 Å². The lowest BCUT2D eigenvalue weighted by Crippen LogP contribution is -2.29. The van der Waals surface area contributed by atoms with Gasteiger partial charge in [-0.15, -0.1) is 0 Å². The molecule has 2 nitrogen and oxygen atoms in total. The molecule has 0 amide bonds. The van der Waals surface area contributed by atoms with Gasteiger partial charge in [0, 0.05) is 12.2 Å². The molecule has 0 rings (SSSR count). The number of hydrogen-bond acceptors (Lipinski definition) is 2. The summed E-state index contributed by atoms with van der Waals surface area (Å²) in [6.07, 6.45) is 11.5. The molecule has 0 aromatic carbocycles. The van der Waals surface area contributed by atoms with E-state index in [-0.39, 0.29) is 0 Å². The summed E-state index contributed by atoms with van der Waals surface area (Å²) in [6, 6.07) is 1.13. The van der Waals surface area contributed by atoms with Gasteiger partial charge in [0.15, 0.2) is 0 Å². The van der Waals surface area contributed by atoms with E-state index in [4.69, 9.17) is 8.85 Å². The standard InChI is InChI=1S/C16H35O2Si/c1-6-7-8-9-10-11-12-13-14-19(17-15(2)3)18-16(4)5/h15-16H,6-14H2,1-5H3. The number of rotatable bonds is 13. The van der Waals surface area contributed by atoms with Crippen LogP contribution in [-0.4, -0.2) is 21.5 Å². The average molecular weight is 288 g/mol. The van der Waals surface area contributed by atoms with E-state index in [0.29, 0.717) is 12.2 Å². The monoisotopic (exact) mass is 287 g/mol. The third-order valence-corrected chi connectivity index (χ3v) is 5.20. The van der Waals surface area contributed by atoms with Crippen molar-refractivity contribution >= 4 is 9.28 Å². The van der Waals surface area contributed by atoms with Crippen molar-refractivity contribution < 1.29 is 8.85 Å². The third-order valence-electron chi connectivity index (χ3n) is 2.97. The highest BCUT2D eigenvalue weighted by molar-refractivity contribution is 6.44. The molecule has 0 unspecified atom stereocenters. The second-order valence-electron chi connectivity index (χ2n) is 5.93. The first-order valence-corrected chi connectivity index (χ1v) is 9.77. The minimum Gasteiger partial charge on any atom is -0.391 e. The van der Waals surface area contributed by atoms with Crippen molar-refractivity contribution in [2.24, 2.45) is 0 Å². The Morgan fingerprint density at radius 2 is 1.11 bits per heavy atom. The Morgan fingerprint density at radius 3 is 1.53 bits per heavy atom. The summed E-state index contributed by atoms with van der Waals surface area (Å²) in [6.45, 7) is 10.7. The Hall–Kier alpha value is 0.137. The molecule has 0 atom stereocenters. The van der Waals surface area contributed by atoms with E-state index in [1.165, 1.54) is 51.4 Å². The molecule has 0 fully saturated rings. The van der Waals surface area contributed by atoms with E-state index >= 15 is 0 Å². The van der Waals surface area contributed by atoms with E-state index in [1.807, 2.05) is 0 Å². The maximum Gasteiger partial charge on any atom is 0.385 e. The summed E-state index contributed by atoms with van der Waals surface area (Å²) in [5.41, 5.74) is 0. The van der Waals surface area contributed by atoms with Crippen LogP contribution in [0.5, 0.6) is 0 Å². The van der Waals surface area contributed by atoms with Crippen molar-refractivity contribution in [1.29, 1.82) is 0 Å². The highest BCUT2D eigenvalue weighted by atomic mass is 28.3. The molecular formula is C16H35O2Si. The summed E-state index contributed by atoms with van der Waals surface area (Å²) in [4.78, 5) is 0. The minimum absolute atomic E-state index is 0.293. The molecule has 1 radical (unpaired) electrons. The molecule has 19 heavy (non-hydrogen) atoms. The van der Waals surface area contributed by atoms with Crippen molar-refractivity contribution in [3.63, 3.8) is 0 Å². The van der Waals surface area contributed by atoms with Gasteiger partial charge < -0.3 is 8.85 Å². The van der Waals surface area contributed by atoms with Crippen LogP contribution >= 0.6 is 0 Å². The van der Waals surface area contributed by atoms with Crippen LogP contribution in [0.1, 0.15) is 86.0 Å². The fraction of sp³-hybridized carbons (Fsp3) is 1.00.